The molecule has 0 aliphatic heterocycles. The van der Waals surface area contributed by atoms with E-state index in [1.165, 1.54) is 0 Å². The number of pyridine rings is 1. The van der Waals surface area contributed by atoms with E-state index < -0.39 is 5.54 Å². The van der Waals surface area contributed by atoms with Gasteiger partial charge in [0.1, 0.15) is 10.3 Å². The lowest BCUT2D eigenvalue weighted by atomic mass is 9.91. The monoisotopic (exact) mass is 278 g/mol. The van der Waals surface area contributed by atoms with Crippen molar-refractivity contribution in [2.75, 3.05) is 0 Å². The molecule has 0 aromatic carbocycles. The summed E-state index contributed by atoms with van der Waals surface area (Å²) in [6, 6.07) is 3.41. The number of nitrogens with one attached hydrogen (secondary N) is 1. The quantitative estimate of drug-likeness (QED) is 0.494. The summed E-state index contributed by atoms with van der Waals surface area (Å²) >= 11 is 11.6. The zero-order chi connectivity index (χ0) is 12.2. The molecule has 0 fully saturated rings. The number of thiol groups is 1. The van der Waals surface area contributed by atoms with E-state index in [1.807, 2.05) is 6.92 Å². The first-order valence-electron chi connectivity index (χ1n) is 4.56. The molecule has 0 aliphatic carbocycles. The zero-order valence-electron chi connectivity index (χ0n) is 8.70. The van der Waals surface area contributed by atoms with E-state index in [1.54, 1.807) is 18.2 Å². The van der Waals surface area contributed by atoms with Crippen LogP contribution < -0.4 is 4.72 Å². The Labute approximate surface area is 108 Å². The van der Waals surface area contributed by atoms with Gasteiger partial charge < -0.3 is 0 Å². The predicted molar refractivity (Wildman–Crippen MR) is 69.1 cm³/mol. The van der Waals surface area contributed by atoms with Crippen molar-refractivity contribution in [3.05, 3.63) is 40.7 Å². The molecule has 1 rings (SSSR count). The maximum Gasteiger partial charge on any atom is 0.135 e. The van der Waals surface area contributed by atoms with Gasteiger partial charge in [0, 0.05) is 5.56 Å². The molecule has 0 amide bonds. The molecule has 0 saturated heterocycles. The van der Waals surface area contributed by atoms with Gasteiger partial charge in [0.25, 0.3) is 0 Å². The molecule has 1 unspecified atom stereocenters. The van der Waals surface area contributed by atoms with Gasteiger partial charge in [-0.1, -0.05) is 35.3 Å². The van der Waals surface area contributed by atoms with E-state index in [0.29, 0.717) is 16.7 Å². The fourth-order valence-electron chi connectivity index (χ4n) is 1.43. The van der Waals surface area contributed by atoms with Crippen LogP contribution in [-0.4, -0.2) is 9.19 Å². The SMILES string of the molecule is C=CCC(C)(N[SH]=O)c1ccc(Cl)nc1Cl. The lowest BCUT2D eigenvalue weighted by molar-refractivity contribution is 0.455. The van der Waals surface area contributed by atoms with Gasteiger partial charge in [-0.15, -0.1) is 6.58 Å². The van der Waals surface area contributed by atoms with Crippen LogP contribution in [0.15, 0.2) is 24.8 Å². The molecule has 1 atom stereocenters. The van der Waals surface area contributed by atoms with Crippen molar-refractivity contribution in [3.8, 4) is 0 Å². The number of rotatable bonds is 5. The molecule has 1 N–H and O–H groups in total. The third-order valence-electron chi connectivity index (χ3n) is 2.25. The van der Waals surface area contributed by atoms with Crippen molar-refractivity contribution in [1.29, 1.82) is 0 Å². The third-order valence-corrected chi connectivity index (χ3v) is 3.34. The molecule has 0 spiro atoms. The van der Waals surface area contributed by atoms with E-state index in [-0.39, 0.29) is 11.9 Å². The van der Waals surface area contributed by atoms with E-state index in [9.17, 15) is 4.21 Å². The van der Waals surface area contributed by atoms with Crippen LogP contribution in [0.25, 0.3) is 0 Å². The maximum atomic E-state index is 10.7. The minimum Gasteiger partial charge on any atom is -0.246 e. The van der Waals surface area contributed by atoms with Crippen LogP contribution in [0.5, 0.6) is 0 Å². The first kappa shape index (κ1) is 13.6. The van der Waals surface area contributed by atoms with Gasteiger partial charge >= 0.3 is 0 Å². The van der Waals surface area contributed by atoms with Crippen molar-refractivity contribution >= 4 is 35.1 Å². The van der Waals surface area contributed by atoms with E-state index in [2.05, 4.69) is 16.3 Å². The fraction of sp³-hybridized carbons (Fsp3) is 0.300. The van der Waals surface area contributed by atoms with Gasteiger partial charge in [0.15, 0.2) is 0 Å². The Morgan fingerprint density at radius 3 is 2.81 bits per heavy atom. The Bertz CT molecular complexity index is 402. The minimum absolute atomic E-state index is 0.170. The Morgan fingerprint density at radius 1 is 1.62 bits per heavy atom. The molecule has 1 aromatic rings. The molecule has 0 bridgehead atoms. The number of hydrogen-bond donors (Lipinski definition) is 2. The standard InChI is InChI=1S/C10H12Cl2N2OS/c1-3-6-10(2,14-16-15)7-4-5-8(11)13-9(7)12/h3-5,16H,1,6H2,2H3,(H,14,15). The van der Waals surface area contributed by atoms with Crippen molar-refractivity contribution in [2.45, 2.75) is 18.9 Å². The Balaban J connectivity index is 3.19. The highest BCUT2D eigenvalue weighted by molar-refractivity contribution is 7.63. The zero-order valence-corrected chi connectivity index (χ0v) is 11.1. The van der Waals surface area contributed by atoms with Crippen molar-refractivity contribution in [2.24, 2.45) is 0 Å². The van der Waals surface area contributed by atoms with Gasteiger partial charge in [0.2, 0.25) is 0 Å². The lowest BCUT2D eigenvalue weighted by Gasteiger charge is -2.28. The highest BCUT2D eigenvalue weighted by atomic mass is 35.5. The predicted octanol–water partition coefficient (Wildman–Crippen LogP) is 2.63. The highest BCUT2D eigenvalue weighted by Crippen LogP contribution is 2.30. The largest absolute Gasteiger partial charge is 0.246 e. The Morgan fingerprint density at radius 2 is 2.31 bits per heavy atom. The first-order chi connectivity index (χ1) is 7.53. The van der Waals surface area contributed by atoms with E-state index >= 15 is 0 Å². The highest BCUT2D eigenvalue weighted by Gasteiger charge is 2.27. The van der Waals surface area contributed by atoms with Gasteiger partial charge in [-0.3, -0.25) is 0 Å². The topological polar surface area (TPSA) is 42.0 Å². The summed E-state index contributed by atoms with van der Waals surface area (Å²) in [5.74, 6) is 0. The summed E-state index contributed by atoms with van der Waals surface area (Å²) < 4.78 is 13.5. The second-order valence-electron chi connectivity index (χ2n) is 3.50. The molecule has 6 heteroatoms. The molecule has 0 aliphatic rings. The van der Waals surface area contributed by atoms with Crippen molar-refractivity contribution in [1.82, 2.24) is 9.71 Å². The molecule has 0 saturated carbocycles. The smallest absolute Gasteiger partial charge is 0.135 e. The maximum absolute atomic E-state index is 10.7. The molecule has 88 valence electrons. The third kappa shape index (κ3) is 3.04. The summed E-state index contributed by atoms with van der Waals surface area (Å²) in [4.78, 5) is 3.96. The summed E-state index contributed by atoms with van der Waals surface area (Å²) in [6.45, 7) is 5.54. The summed E-state index contributed by atoms with van der Waals surface area (Å²) in [5, 5.41) is 0.627. The molecule has 1 aromatic heterocycles. The summed E-state index contributed by atoms with van der Waals surface area (Å²) in [5.41, 5.74) is 0.168. The number of aromatic nitrogens is 1. The second kappa shape index (κ2) is 5.77. The van der Waals surface area contributed by atoms with Gasteiger partial charge in [-0.05, 0) is 19.4 Å². The first-order valence-corrected chi connectivity index (χ1v) is 6.13. The Kier molecular flexibility index (Phi) is 4.92. The lowest BCUT2D eigenvalue weighted by Crippen LogP contribution is -2.36. The van der Waals surface area contributed by atoms with Crippen LogP contribution in [0.4, 0.5) is 0 Å². The van der Waals surface area contributed by atoms with Crippen LogP contribution in [0.2, 0.25) is 10.3 Å². The van der Waals surface area contributed by atoms with Crippen molar-refractivity contribution in [3.63, 3.8) is 0 Å². The summed E-state index contributed by atoms with van der Waals surface area (Å²) in [7, 11) is 0. The normalized spacial score (nSPS) is 14.4. The molecular weight excluding hydrogens is 267 g/mol. The molecule has 3 nitrogen and oxygen atoms in total. The van der Waals surface area contributed by atoms with Crippen molar-refractivity contribution < 1.29 is 4.21 Å². The summed E-state index contributed by atoms with van der Waals surface area (Å²) in [6.07, 6.45) is 2.30. The van der Waals surface area contributed by atoms with Gasteiger partial charge in [0.05, 0.1) is 17.4 Å². The molecule has 16 heavy (non-hydrogen) atoms. The van der Waals surface area contributed by atoms with Crippen LogP contribution in [0.3, 0.4) is 0 Å². The Hall–Kier alpha value is -0.420. The van der Waals surface area contributed by atoms with E-state index in [4.69, 9.17) is 23.2 Å². The number of hydrogen-bond acceptors (Lipinski definition) is 2. The van der Waals surface area contributed by atoms with Crippen LogP contribution in [0.1, 0.15) is 18.9 Å². The average Bonchev–Trinajstić information content (AvgIpc) is 2.17. The van der Waals surface area contributed by atoms with Crippen LogP contribution in [-0.2, 0) is 17.4 Å². The number of nitrogens with zero attached hydrogens (tertiary/aromatic N) is 1. The number of halogens is 2. The average molecular weight is 279 g/mol. The minimum atomic E-state index is -0.570. The molecular formula is C10H12Cl2N2OS. The van der Waals surface area contributed by atoms with Gasteiger partial charge in [-0.25, -0.2) is 13.9 Å². The van der Waals surface area contributed by atoms with E-state index in [0.717, 1.165) is 5.56 Å². The fourth-order valence-corrected chi connectivity index (χ4v) is 2.40. The second-order valence-corrected chi connectivity index (χ2v) is 4.65. The van der Waals surface area contributed by atoms with Crippen LogP contribution in [0, 0.1) is 0 Å². The molecule has 1 heterocycles. The van der Waals surface area contributed by atoms with Crippen LogP contribution >= 0.6 is 23.2 Å². The van der Waals surface area contributed by atoms with Gasteiger partial charge in [-0.2, -0.15) is 0 Å². The molecule has 0 radical (unpaired) electrons.